The number of hydrogen-bond donors (Lipinski definition) is 1. The molecular weight excluding hydrogens is 232 g/mol. The molecule has 100 valence electrons. The molecule has 1 saturated carbocycles. The van der Waals surface area contributed by atoms with Crippen molar-refractivity contribution in [3.8, 4) is 0 Å². The van der Waals surface area contributed by atoms with Gasteiger partial charge in [0, 0.05) is 11.1 Å². The third-order valence-corrected chi connectivity index (χ3v) is 4.39. The SMILES string of the molecule is CCC1CCC(N)(c2ccc(C)c(F)c2F)CC1. The minimum Gasteiger partial charge on any atom is -0.321 e. The highest BCUT2D eigenvalue weighted by atomic mass is 19.2. The Morgan fingerprint density at radius 2 is 1.83 bits per heavy atom. The van der Waals surface area contributed by atoms with Crippen LogP contribution in [0, 0.1) is 24.5 Å². The van der Waals surface area contributed by atoms with Crippen LogP contribution in [0.1, 0.15) is 50.2 Å². The molecule has 0 aromatic heterocycles. The Hall–Kier alpha value is -0.960. The summed E-state index contributed by atoms with van der Waals surface area (Å²) in [6, 6.07) is 3.27. The van der Waals surface area contributed by atoms with Crippen molar-refractivity contribution in [3.63, 3.8) is 0 Å². The van der Waals surface area contributed by atoms with Crippen molar-refractivity contribution in [2.24, 2.45) is 11.7 Å². The van der Waals surface area contributed by atoms with Crippen molar-refractivity contribution in [1.29, 1.82) is 0 Å². The Kier molecular flexibility index (Phi) is 3.71. The zero-order valence-electron chi connectivity index (χ0n) is 11.1. The normalized spacial score (nSPS) is 28.4. The highest BCUT2D eigenvalue weighted by Crippen LogP contribution is 2.40. The van der Waals surface area contributed by atoms with E-state index in [9.17, 15) is 8.78 Å². The first-order chi connectivity index (χ1) is 8.48. The molecule has 0 amide bonds. The molecule has 18 heavy (non-hydrogen) atoms. The molecule has 0 unspecified atom stereocenters. The summed E-state index contributed by atoms with van der Waals surface area (Å²) in [7, 11) is 0. The Balaban J connectivity index is 2.29. The number of nitrogens with two attached hydrogens (primary N) is 1. The van der Waals surface area contributed by atoms with Crippen LogP contribution in [0.15, 0.2) is 12.1 Å². The van der Waals surface area contributed by atoms with Gasteiger partial charge in [-0.25, -0.2) is 8.78 Å². The van der Waals surface area contributed by atoms with E-state index in [1.807, 2.05) is 0 Å². The van der Waals surface area contributed by atoms with Gasteiger partial charge in [-0.2, -0.15) is 0 Å². The van der Waals surface area contributed by atoms with Gasteiger partial charge in [-0.15, -0.1) is 0 Å². The summed E-state index contributed by atoms with van der Waals surface area (Å²) >= 11 is 0. The summed E-state index contributed by atoms with van der Waals surface area (Å²) in [5, 5.41) is 0. The number of hydrogen-bond acceptors (Lipinski definition) is 1. The predicted octanol–water partition coefficient (Wildman–Crippen LogP) is 4.03. The van der Waals surface area contributed by atoms with E-state index >= 15 is 0 Å². The van der Waals surface area contributed by atoms with Crippen molar-refractivity contribution in [1.82, 2.24) is 0 Å². The molecule has 1 aromatic rings. The summed E-state index contributed by atoms with van der Waals surface area (Å²) < 4.78 is 27.6. The standard InChI is InChI=1S/C15H21F2N/c1-3-11-6-8-15(18,9-7-11)12-5-4-10(2)13(16)14(12)17/h4-5,11H,3,6-9,18H2,1-2H3. The molecule has 0 saturated heterocycles. The second-order valence-electron chi connectivity index (χ2n) is 5.57. The van der Waals surface area contributed by atoms with E-state index in [0.29, 0.717) is 17.0 Å². The van der Waals surface area contributed by atoms with Gasteiger partial charge in [-0.3, -0.25) is 0 Å². The zero-order valence-corrected chi connectivity index (χ0v) is 11.1. The summed E-state index contributed by atoms with van der Waals surface area (Å²) in [6.45, 7) is 3.74. The van der Waals surface area contributed by atoms with Crippen LogP contribution in [0.5, 0.6) is 0 Å². The van der Waals surface area contributed by atoms with Crippen molar-refractivity contribution < 1.29 is 8.78 Å². The molecule has 0 spiro atoms. The molecular formula is C15H21F2N. The van der Waals surface area contributed by atoms with Gasteiger partial charge in [0.15, 0.2) is 11.6 Å². The van der Waals surface area contributed by atoms with Gasteiger partial charge >= 0.3 is 0 Å². The first-order valence-corrected chi connectivity index (χ1v) is 6.72. The number of benzene rings is 1. The van der Waals surface area contributed by atoms with Crippen molar-refractivity contribution in [3.05, 3.63) is 34.9 Å². The van der Waals surface area contributed by atoms with Crippen LogP contribution in [0.4, 0.5) is 8.78 Å². The maximum Gasteiger partial charge on any atom is 0.164 e. The summed E-state index contributed by atoms with van der Waals surface area (Å²) in [6.07, 6.45) is 4.63. The van der Waals surface area contributed by atoms with Gasteiger partial charge in [0.2, 0.25) is 0 Å². The third-order valence-electron chi connectivity index (χ3n) is 4.39. The van der Waals surface area contributed by atoms with Gasteiger partial charge in [-0.1, -0.05) is 25.5 Å². The number of rotatable bonds is 2. The van der Waals surface area contributed by atoms with E-state index in [0.717, 1.165) is 32.1 Å². The highest BCUT2D eigenvalue weighted by Gasteiger charge is 2.35. The van der Waals surface area contributed by atoms with Crippen LogP contribution >= 0.6 is 0 Å². The Labute approximate surface area is 107 Å². The van der Waals surface area contributed by atoms with Crippen LogP contribution in [-0.4, -0.2) is 0 Å². The van der Waals surface area contributed by atoms with E-state index in [2.05, 4.69) is 6.92 Å². The van der Waals surface area contributed by atoms with E-state index in [1.165, 1.54) is 0 Å². The molecule has 0 bridgehead atoms. The van der Waals surface area contributed by atoms with Crippen LogP contribution in [-0.2, 0) is 5.54 Å². The minimum atomic E-state index is -0.757. The summed E-state index contributed by atoms with van der Waals surface area (Å²) in [4.78, 5) is 0. The average Bonchev–Trinajstić information content (AvgIpc) is 2.37. The molecule has 0 radical (unpaired) electrons. The lowest BCUT2D eigenvalue weighted by molar-refractivity contribution is 0.225. The molecule has 1 aliphatic carbocycles. The van der Waals surface area contributed by atoms with Crippen LogP contribution in [0.25, 0.3) is 0 Å². The molecule has 2 N–H and O–H groups in total. The minimum absolute atomic E-state index is 0.335. The first-order valence-electron chi connectivity index (χ1n) is 6.72. The molecule has 2 rings (SSSR count). The summed E-state index contributed by atoms with van der Waals surface area (Å²) in [5.41, 5.74) is 6.30. The second kappa shape index (κ2) is 4.96. The van der Waals surface area contributed by atoms with Gasteiger partial charge in [0.05, 0.1) is 0 Å². The molecule has 1 nitrogen and oxygen atoms in total. The fourth-order valence-corrected chi connectivity index (χ4v) is 2.90. The molecule has 3 heteroatoms. The van der Waals surface area contributed by atoms with Gasteiger partial charge < -0.3 is 5.73 Å². The monoisotopic (exact) mass is 253 g/mol. The first kappa shape index (κ1) is 13.5. The number of halogens is 2. The van der Waals surface area contributed by atoms with Crippen LogP contribution in [0.2, 0.25) is 0 Å². The topological polar surface area (TPSA) is 26.0 Å². The van der Waals surface area contributed by atoms with E-state index in [4.69, 9.17) is 5.73 Å². The lowest BCUT2D eigenvalue weighted by Gasteiger charge is -2.37. The zero-order chi connectivity index (χ0) is 13.3. The molecule has 1 fully saturated rings. The molecule has 1 aromatic carbocycles. The second-order valence-corrected chi connectivity index (χ2v) is 5.57. The maximum absolute atomic E-state index is 14.0. The molecule has 0 atom stereocenters. The van der Waals surface area contributed by atoms with Crippen LogP contribution in [0.3, 0.4) is 0 Å². The van der Waals surface area contributed by atoms with E-state index in [1.54, 1.807) is 19.1 Å². The lowest BCUT2D eigenvalue weighted by Crippen LogP contribution is -2.41. The van der Waals surface area contributed by atoms with Gasteiger partial charge in [-0.05, 0) is 44.1 Å². The third kappa shape index (κ3) is 2.28. The van der Waals surface area contributed by atoms with Gasteiger partial charge in [0.1, 0.15) is 0 Å². The maximum atomic E-state index is 14.0. The fourth-order valence-electron chi connectivity index (χ4n) is 2.90. The average molecular weight is 253 g/mol. The van der Waals surface area contributed by atoms with Crippen molar-refractivity contribution in [2.75, 3.05) is 0 Å². The largest absolute Gasteiger partial charge is 0.321 e. The van der Waals surface area contributed by atoms with Crippen molar-refractivity contribution >= 4 is 0 Å². The van der Waals surface area contributed by atoms with Gasteiger partial charge in [0.25, 0.3) is 0 Å². The lowest BCUT2D eigenvalue weighted by atomic mass is 9.72. The molecule has 0 heterocycles. The molecule has 1 aliphatic rings. The van der Waals surface area contributed by atoms with E-state index < -0.39 is 17.2 Å². The van der Waals surface area contributed by atoms with Crippen molar-refractivity contribution in [2.45, 2.75) is 51.5 Å². The number of aryl methyl sites for hydroxylation is 1. The predicted molar refractivity (Wildman–Crippen MR) is 69.2 cm³/mol. The fraction of sp³-hybridized carbons (Fsp3) is 0.600. The molecule has 0 aliphatic heterocycles. The Morgan fingerprint density at radius 1 is 1.22 bits per heavy atom. The van der Waals surface area contributed by atoms with E-state index in [-0.39, 0.29) is 0 Å². The van der Waals surface area contributed by atoms with Crippen LogP contribution < -0.4 is 5.73 Å². The summed E-state index contributed by atoms with van der Waals surface area (Å²) in [5.74, 6) is -0.831. The quantitative estimate of drug-likeness (QED) is 0.846. The smallest absolute Gasteiger partial charge is 0.164 e. The highest BCUT2D eigenvalue weighted by molar-refractivity contribution is 5.31. The Morgan fingerprint density at radius 3 is 2.39 bits per heavy atom. The Bertz CT molecular complexity index is 434.